The van der Waals surface area contributed by atoms with Crippen LogP contribution in [-0.4, -0.2) is 23.2 Å². The van der Waals surface area contributed by atoms with Crippen molar-refractivity contribution in [3.63, 3.8) is 0 Å². The highest BCUT2D eigenvalue weighted by Crippen LogP contribution is 2.39. The molecule has 1 saturated carbocycles. The highest BCUT2D eigenvalue weighted by Gasteiger charge is 2.39. The normalized spacial score (nSPS) is 14.6. The number of aliphatic hydroxyl groups is 1. The van der Waals surface area contributed by atoms with E-state index in [1.165, 1.54) is 24.2 Å². The van der Waals surface area contributed by atoms with Crippen molar-refractivity contribution in [2.24, 2.45) is 5.92 Å². The lowest BCUT2D eigenvalue weighted by Gasteiger charge is -2.25. The highest BCUT2D eigenvalue weighted by molar-refractivity contribution is 7.14. The van der Waals surface area contributed by atoms with Gasteiger partial charge in [-0.05, 0) is 51.2 Å². The average Bonchev–Trinajstić information content (AvgIpc) is 3.16. The van der Waals surface area contributed by atoms with Gasteiger partial charge in [0, 0.05) is 12.0 Å². The molecule has 0 bridgehead atoms. The van der Waals surface area contributed by atoms with Gasteiger partial charge in [0.15, 0.2) is 0 Å². The molecule has 1 aliphatic carbocycles. The van der Waals surface area contributed by atoms with Gasteiger partial charge in [-0.25, -0.2) is 0 Å². The topological polar surface area (TPSA) is 49.3 Å². The number of aliphatic hydroxyl groups excluding tert-OH is 1. The Morgan fingerprint density at radius 1 is 1.55 bits per heavy atom. The van der Waals surface area contributed by atoms with Gasteiger partial charge in [-0.1, -0.05) is 11.8 Å². The van der Waals surface area contributed by atoms with E-state index >= 15 is 0 Å². The van der Waals surface area contributed by atoms with Crippen molar-refractivity contribution in [1.82, 2.24) is 5.32 Å². The van der Waals surface area contributed by atoms with E-state index in [-0.39, 0.29) is 18.1 Å². The summed E-state index contributed by atoms with van der Waals surface area (Å²) in [4.78, 5) is 13.9. The number of hydrogen-bond donors (Lipinski definition) is 2. The summed E-state index contributed by atoms with van der Waals surface area (Å²) in [6.07, 6.45) is 2.87. The van der Waals surface area contributed by atoms with E-state index in [2.05, 4.69) is 31.0 Å². The van der Waals surface area contributed by atoms with Crippen LogP contribution < -0.4 is 5.32 Å². The first-order chi connectivity index (χ1) is 9.44. The van der Waals surface area contributed by atoms with Crippen LogP contribution in [0.5, 0.6) is 0 Å². The zero-order valence-corrected chi connectivity index (χ0v) is 13.1. The minimum Gasteiger partial charge on any atom is -0.395 e. The van der Waals surface area contributed by atoms with E-state index in [1.807, 2.05) is 13.0 Å². The van der Waals surface area contributed by atoms with Crippen LogP contribution in [0.15, 0.2) is 6.07 Å². The molecule has 1 aliphatic rings. The van der Waals surface area contributed by atoms with Crippen molar-refractivity contribution in [2.45, 2.75) is 45.6 Å². The summed E-state index contributed by atoms with van der Waals surface area (Å²) in [5.41, 5.74) is 0.896. The Labute approximate surface area is 124 Å². The van der Waals surface area contributed by atoms with Crippen molar-refractivity contribution < 1.29 is 9.90 Å². The molecule has 2 rings (SSSR count). The lowest BCUT2D eigenvalue weighted by molar-refractivity contribution is 0.0907. The van der Waals surface area contributed by atoms with Crippen molar-refractivity contribution in [3.8, 4) is 11.8 Å². The van der Waals surface area contributed by atoms with Crippen molar-refractivity contribution >= 4 is 17.2 Å². The fourth-order valence-electron chi connectivity index (χ4n) is 2.18. The minimum absolute atomic E-state index is 0.00907. The number of rotatable bonds is 4. The second-order valence-corrected chi connectivity index (χ2v) is 6.90. The Morgan fingerprint density at radius 3 is 2.85 bits per heavy atom. The summed E-state index contributed by atoms with van der Waals surface area (Å²) < 4.78 is 0. The number of amides is 1. The zero-order valence-electron chi connectivity index (χ0n) is 12.2. The monoisotopic (exact) mass is 291 g/mol. The average molecular weight is 291 g/mol. The summed E-state index contributed by atoms with van der Waals surface area (Å²) in [7, 11) is 0. The van der Waals surface area contributed by atoms with Crippen LogP contribution in [0.2, 0.25) is 0 Å². The van der Waals surface area contributed by atoms with E-state index < -0.39 is 0 Å². The van der Waals surface area contributed by atoms with Crippen LogP contribution >= 0.6 is 11.3 Å². The Balaban J connectivity index is 2.07. The fourth-order valence-corrected chi connectivity index (χ4v) is 3.12. The van der Waals surface area contributed by atoms with E-state index in [4.69, 9.17) is 5.11 Å². The smallest absolute Gasteiger partial charge is 0.261 e. The third-order valence-corrected chi connectivity index (χ3v) is 4.77. The Kier molecular flexibility index (Phi) is 4.52. The number of carbonyl (C=O) groups is 1. The van der Waals surface area contributed by atoms with E-state index in [1.54, 1.807) is 0 Å². The SMILES string of the molecule is Cc1cc(C(=O)NC(C)(C)C2CC2)sc1C#CCCO. The van der Waals surface area contributed by atoms with Gasteiger partial charge in [0.1, 0.15) is 0 Å². The quantitative estimate of drug-likeness (QED) is 0.838. The van der Waals surface area contributed by atoms with Gasteiger partial charge in [-0.2, -0.15) is 0 Å². The molecule has 20 heavy (non-hydrogen) atoms. The predicted octanol–water partition coefficient (Wildman–Crippen LogP) is 2.71. The van der Waals surface area contributed by atoms with Crippen LogP contribution in [0.4, 0.5) is 0 Å². The lowest BCUT2D eigenvalue weighted by Crippen LogP contribution is -2.44. The Hall–Kier alpha value is -1.31. The molecule has 0 unspecified atom stereocenters. The number of thiophene rings is 1. The second kappa shape index (κ2) is 5.99. The molecule has 1 aromatic rings. The van der Waals surface area contributed by atoms with Gasteiger partial charge in [-0.15, -0.1) is 11.3 Å². The van der Waals surface area contributed by atoms with E-state index in [0.29, 0.717) is 17.2 Å². The summed E-state index contributed by atoms with van der Waals surface area (Å²) in [5, 5.41) is 11.9. The molecule has 1 fully saturated rings. The predicted molar refractivity (Wildman–Crippen MR) is 81.9 cm³/mol. The zero-order chi connectivity index (χ0) is 14.8. The number of nitrogens with one attached hydrogen (secondary N) is 1. The van der Waals surface area contributed by atoms with Gasteiger partial charge in [0.25, 0.3) is 5.91 Å². The van der Waals surface area contributed by atoms with Crippen LogP contribution in [0, 0.1) is 24.7 Å². The van der Waals surface area contributed by atoms with Gasteiger partial charge < -0.3 is 10.4 Å². The van der Waals surface area contributed by atoms with Crippen molar-refractivity contribution in [1.29, 1.82) is 0 Å². The largest absolute Gasteiger partial charge is 0.395 e. The maximum atomic E-state index is 12.3. The van der Waals surface area contributed by atoms with Crippen LogP contribution in [0.3, 0.4) is 0 Å². The molecule has 4 heteroatoms. The summed E-state index contributed by atoms with van der Waals surface area (Å²) in [5.74, 6) is 6.51. The number of aryl methyl sites for hydroxylation is 1. The first-order valence-corrected chi connectivity index (χ1v) is 7.78. The first-order valence-electron chi connectivity index (χ1n) is 6.96. The molecule has 0 saturated heterocycles. The highest BCUT2D eigenvalue weighted by atomic mass is 32.1. The summed E-state index contributed by atoms with van der Waals surface area (Å²) in [6.45, 7) is 6.21. The number of hydrogen-bond acceptors (Lipinski definition) is 3. The Morgan fingerprint density at radius 2 is 2.25 bits per heavy atom. The fraction of sp³-hybridized carbons (Fsp3) is 0.562. The standard InChI is InChI=1S/C16H21NO2S/c1-11-10-14(20-13(11)6-4-5-9-18)15(19)17-16(2,3)12-7-8-12/h10,12,18H,5,7-9H2,1-3H3,(H,17,19). The van der Waals surface area contributed by atoms with E-state index in [0.717, 1.165) is 10.4 Å². The molecule has 0 aromatic carbocycles. The van der Waals surface area contributed by atoms with Gasteiger partial charge in [-0.3, -0.25) is 4.79 Å². The number of carbonyl (C=O) groups excluding carboxylic acids is 1. The first kappa shape index (κ1) is 15.1. The second-order valence-electron chi connectivity index (χ2n) is 5.85. The van der Waals surface area contributed by atoms with Crippen LogP contribution in [0.1, 0.15) is 53.2 Å². The molecule has 0 radical (unpaired) electrons. The molecule has 0 atom stereocenters. The molecule has 2 N–H and O–H groups in total. The Bertz CT molecular complexity index is 559. The van der Waals surface area contributed by atoms with Crippen LogP contribution in [0.25, 0.3) is 0 Å². The van der Waals surface area contributed by atoms with Gasteiger partial charge in [0.05, 0.1) is 16.4 Å². The van der Waals surface area contributed by atoms with Crippen molar-refractivity contribution in [2.75, 3.05) is 6.61 Å². The van der Waals surface area contributed by atoms with Crippen molar-refractivity contribution in [3.05, 3.63) is 21.4 Å². The third-order valence-electron chi connectivity index (χ3n) is 3.61. The molecule has 1 amide bonds. The van der Waals surface area contributed by atoms with Gasteiger partial charge >= 0.3 is 0 Å². The van der Waals surface area contributed by atoms with Gasteiger partial charge in [0.2, 0.25) is 0 Å². The third kappa shape index (κ3) is 3.62. The minimum atomic E-state index is -0.127. The lowest BCUT2D eigenvalue weighted by atomic mass is 9.99. The molecule has 1 aromatic heterocycles. The molecule has 3 nitrogen and oxygen atoms in total. The maximum absolute atomic E-state index is 12.3. The summed E-state index contributed by atoms with van der Waals surface area (Å²) >= 11 is 1.42. The molecule has 108 valence electrons. The molecular weight excluding hydrogens is 270 g/mol. The maximum Gasteiger partial charge on any atom is 0.261 e. The molecular formula is C16H21NO2S. The molecule has 1 heterocycles. The van der Waals surface area contributed by atoms with E-state index in [9.17, 15) is 4.79 Å². The van der Waals surface area contributed by atoms with Crippen LogP contribution in [-0.2, 0) is 0 Å². The molecule has 0 spiro atoms. The molecule has 0 aliphatic heterocycles. The summed E-state index contributed by atoms with van der Waals surface area (Å²) in [6, 6.07) is 1.89.